The van der Waals surface area contributed by atoms with E-state index in [0.717, 1.165) is 15.8 Å². The quantitative estimate of drug-likeness (QED) is 0.398. The van der Waals surface area contributed by atoms with Crippen molar-refractivity contribution in [1.82, 2.24) is 23.6 Å². The number of imidazole rings is 1. The van der Waals surface area contributed by atoms with Crippen molar-refractivity contribution in [2.45, 2.75) is 6.54 Å². The third kappa shape index (κ3) is 4.72. The van der Waals surface area contributed by atoms with Gasteiger partial charge in [-0.2, -0.15) is 4.98 Å². The zero-order valence-electron chi connectivity index (χ0n) is 20.3. The fourth-order valence-corrected chi connectivity index (χ4v) is 4.94. The lowest BCUT2D eigenvalue weighted by Gasteiger charge is -2.36. The van der Waals surface area contributed by atoms with Gasteiger partial charge in [-0.15, -0.1) is 0 Å². The van der Waals surface area contributed by atoms with Gasteiger partial charge >= 0.3 is 5.69 Å². The van der Waals surface area contributed by atoms with E-state index in [-0.39, 0.29) is 5.82 Å². The molecule has 1 aliphatic heterocycles. The average molecular weight is 542 g/mol. The van der Waals surface area contributed by atoms with Gasteiger partial charge in [-0.25, -0.2) is 9.18 Å². The lowest BCUT2D eigenvalue weighted by atomic mass is 10.2. The summed E-state index contributed by atoms with van der Waals surface area (Å²) in [4.78, 5) is 34.6. The Morgan fingerprint density at radius 1 is 1.03 bits per heavy atom. The topological polar surface area (TPSA) is 80.3 Å². The Labute approximate surface area is 222 Å². The molecule has 1 N–H and O–H groups in total. The highest BCUT2D eigenvalue weighted by Crippen LogP contribution is 2.24. The Bertz CT molecular complexity index is 1600. The fraction of sp³-hybridized carbons (Fsp3) is 0.280. The minimum absolute atomic E-state index is 0.298. The molecule has 2 aromatic carbocycles. The third-order valence-electron chi connectivity index (χ3n) is 6.55. The van der Waals surface area contributed by atoms with Gasteiger partial charge in [-0.05, 0) is 42.0 Å². The Kier molecular flexibility index (Phi) is 6.74. The Balaban J connectivity index is 1.46. The molecule has 12 heteroatoms. The van der Waals surface area contributed by atoms with Crippen LogP contribution in [0.1, 0.15) is 5.56 Å². The van der Waals surface area contributed by atoms with Crippen molar-refractivity contribution in [3.05, 3.63) is 85.8 Å². The minimum atomic E-state index is -0.448. The van der Waals surface area contributed by atoms with E-state index in [1.54, 1.807) is 29.8 Å². The molecular formula is C25H25ClFN7O2S. The molecule has 2 aromatic heterocycles. The first-order valence-electron chi connectivity index (χ1n) is 11.7. The van der Waals surface area contributed by atoms with Crippen LogP contribution in [0.15, 0.2) is 58.1 Å². The van der Waals surface area contributed by atoms with Gasteiger partial charge in [-0.3, -0.25) is 18.5 Å². The number of halogens is 2. The fourth-order valence-electron chi connectivity index (χ4n) is 4.46. The molecule has 0 unspecified atom stereocenters. The summed E-state index contributed by atoms with van der Waals surface area (Å²) in [7, 11) is 3.05. The first-order chi connectivity index (χ1) is 17.7. The summed E-state index contributed by atoms with van der Waals surface area (Å²) >= 11 is 11.9. The molecule has 0 amide bonds. The minimum Gasteiger partial charge on any atom is -0.345 e. The van der Waals surface area contributed by atoms with E-state index >= 15 is 0 Å². The van der Waals surface area contributed by atoms with Crippen LogP contribution in [0.3, 0.4) is 0 Å². The number of aromatic nitrogens is 4. The van der Waals surface area contributed by atoms with Gasteiger partial charge < -0.3 is 15.1 Å². The van der Waals surface area contributed by atoms with Crippen molar-refractivity contribution < 1.29 is 4.39 Å². The molecule has 0 radical (unpaired) electrons. The van der Waals surface area contributed by atoms with E-state index in [2.05, 4.69) is 15.1 Å². The number of nitrogens with one attached hydrogen (secondary N) is 1. The van der Waals surface area contributed by atoms with Crippen LogP contribution < -0.4 is 21.5 Å². The second kappa shape index (κ2) is 9.98. The van der Waals surface area contributed by atoms with Crippen molar-refractivity contribution in [1.29, 1.82) is 0 Å². The number of hydrogen-bond acceptors (Lipinski definition) is 5. The van der Waals surface area contributed by atoms with Gasteiger partial charge in [0.15, 0.2) is 16.3 Å². The van der Waals surface area contributed by atoms with Crippen LogP contribution in [0.25, 0.3) is 11.2 Å². The standard InChI is InChI=1S/C25H25ClFN7O2S/c1-30-21-20(22(35)31(2)25(30)36)34(15-16-7-9-17(27)10-8-16)23(29-21)32-11-13-33(14-12-32)24(37)28-19-6-4-3-5-18(19)26/h3-10H,11-15H2,1-2H3,(H,28,37). The van der Waals surface area contributed by atoms with Crippen LogP contribution in [0.5, 0.6) is 0 Å². The number of nitrogens with zero attached hydrogens (tertiary/aromatic N) is 6. The normalized spacial score (nSPS) is 13.8. The summed E-state index contributed by atoms with van der Waals surface area (Å²) in [5.41, 5.74) is 1.31. The zero-order valence-corrected chi connectivity index (χ0v) is 21.9. The van der Waals surface area contributed by atoms with Crippen LogP contribution in [0.2, 0.25) is 5.02 Å². The largest absolute Gasteiger partial charge is 0.345 e. The van der Waals surface area contributed by atoms with E-state index in [9.17, 15) is 14.0 Å². The first kappa shape index (κ1) is 25.0. The third-order valence-corrected chi connectivity index (χ3v) is 7.24. The van der Waals surface area contributed by atoms with Gasteiger partial charge in [0.2, 0.25) is 5.95 Å². The number of benzene rings is 2. The molecule has 0 saturated carbocycles. The highest BCUT2D eigenvalue weighted by Gasteiger charge is 2.26. The summed E-state index contributed by atoms with van der Waals surface area (Å²) in [5.74, 6) is 0.234. The Morgan fingerprint density at radius 2 is 1.70 bits per heavy atom. The predicted molar refractivity (Wildman–Crippen MR) is 147 cm³/mol. The number of fused-ring (bicyclic) bond motifs is 1. The van der Waals surface area contributed by atoms with Crippen molar-refractivity contribution in [2.24, 2.45) is 14.1 Å². The average Bonchev–Trinajstić information content (AvgIpc) is 3.28. The number of para-hydroxylation sites is 1. The second-order valence-electron chi connectivity index (χ2n) is 8.89. The van der Waals surface area contributed by atoms with Crippen molar-refractivity contribution in [3.8, 4) is 0 Å². The van der Waals surface area contributed by atoms with Crippen molar-refractivity contribution in [3.63, 3.8) is 0 Å². The maximum atomic E-state index is 13.5. The number of aryl methyl sites for hydroxylation is 1. The maximum absolute atomic E-state index is 13.5. The molecule has 0 atom stereocenters. The van der Waals surface area contributed by atoms with Crippen LogP contribution in [-0.4, -0.2) is 54.9 Å². The van der Waals surface area contributed by atoms with Gasteiger partial charge in [0, 0.05) is 40.3 Å². The Morgan fingerprint density at radius 3 is 2.38 bits per heavy atom. The van der Waals surface area contributed by atoms with Crippen LogP contribution in [0.4, 0.5) is 16.0 Å². The van der Waals surface area contributed by atoms with Gasteiger partial charge in [0.25, 0.3) is 5.56 Å². The van der Waals surface area contributed by atoms with E-state index in [0.29, 0.717) is 60.0 Å². The number of hydrogen-bond donors (Lipinski definition) is 1. The van der Waals surface area contributed by atoms with E-state index < -0.39 is 11.2 Å². The molecule has 4 aromatic rings. The van der Waals surface area contributed by atoms with Gasteiger partial charge in [-0.1, -0.05) is 35.9 Å². The summed E-state index contributed by atoms with van der Waals surface area (Å²) in [6, 6.07) is 13.5. The molecule has 5 rings (SSSR count). The number of anilines is 2. The summed E-state index contributed by atoms with van der Waals surface area (Å²) in [6.45, 7) is 2.71. The van der Waals surface area contributed by atoms with Crippen molar-refractivity contribution >= 4 is 51.7 Å². The molecule has 37 heavy (non-hydrogen) atoms. The first-order valence-corrected chi connectivity index (χ1v) is 12.5. The highest BCUT2D eigenvalue weighted by molar-refractivity contribution is 7.80. The van der Waals surface area contributed by atoms with E-state index in [1.807, 2.05) is 18.2 Å². The molecule has 1 aliphatic rings. The summed E-state index contributed by atoms with van der Waals surface area (Å²) in [6.07, 6.45) is 0. The molecule has 0 aliphatic carbocycles. The molecule has 3 heterocycles. The smallest absolute Gasteiger partial charge is 0.332 e. The molecule has 0 bridgehead atoms. The van der Waals surface area contributed by atoms with Gasteiger partial charge in [0.1, 0.15) is 5.82 Å². The molecular weight excluding hydrogens is 517 g/mol. The highest BCUT2D eigenvalue weighted by atomic mass is 35.5. The van der Waals surface area contributed by atoms with E-state index in [4.69, 9.17) is 28.8 Å². The second-order valence-corrected chi connectivity index (χ2v) is 9.68. The maximum Gasteiger partial charge on any atom is 0.332 e. The van der Waals surface area contributed by atoms with Gasteiger partial charge in [0.05, 0.1) is 17.3 Å². The predicted octanol–water partition coefficient (Wildman–Crippen LogP) is 2.79. The molecule has 9 nitrogen and oxygen atoms in total. The lowest BCUT2D eigenvalue weighted by Crippen LogP contribution is -2.50. The van der Waals surface area contributed by atoms with Crippen LogP contribution in [-0.2, 0) is 20.6 Å². The SMILES string of the molecule is Cn1c(=O)c2c(nc(N3CCN(C(=S)Nc4ccccc4Cl)CC3)n2Cc2ccc(F)cc2)n(C)c1=O. The lowest BCUT2D eigenvalue weighted by molar-refractivity contribution is 0.386. The van der Waals surface area contributed by atoms with E-state index in [1.165, 1.54) is 23.7 Å². The molecule has 1 saturated heterocycles. The molecule has 192 valence electrons. The van der Waals surface area contributed by atoms with Crippen LogP contribution in [0, 0.1) is 5.82 Å². The summed E-state index contributed by atoms with van der Waals surface area (Å²) < 4.78 is 17.8. The molecule has 1 fully saturated rings. The number of rotatable bonds is 4. The van der Waals surface area contributed by atoms with Crippen LogP contribution >= 0.6 is 23.8 Å². The number of piperazine rings is 1. The monoisotopic (exact) mass is 541 g/mol. The van der Waals surface area contributed by atoms with Crippen molar-refractivity contribution in [2.75, 3.05) is 36.4 Å². The summed E-state index contributed by atoms with van der Waals surface area (Å²) in [5, 5.41) is 4.37. The Hall–Kier alpha value is -3.70. The molecule has 0 spiro atoms. The number of thiocarbonyl (C=S) groups is 1. The zero-order chi connectivity index (χ0) is 26.3.